The van der Waals surface area contributed by atoms with Gasteiger partial charge in [0.2, 0.25) is 0 Å². The van der Waals surface area contributed by atoms with Crippen molar-refractivity contribution in [3.05, 3.63) is 66.1 Å². The molecule has 148 valence electrons. The number of anilines is 1. The molecule has 4 rings (SSSR count). The van der Waals surface area contributed by atoms with E-state index in [0.717, 1.165) is 43.1 Å². The zero-order valence-corrected chi connectivity index (χ0v) is 16.5. The molecule has 1 aliphatic heterocycles. The molecule has 2 aromatic heterocycles. The molecule has 3 heterocycles. The Labute approximate surface area is 170 Å². The molecule has 1 fully saturated rings. The molecule has 1 aliphatic rings. The van der Waals surface area contributed by atoms with Crippen molar-refractivity contribution in [1.29, 1.82) is 0 Å². The summed E-state index contributed by atoms with van der Waals surface area (Å²) < 4.78 is 0. The molecule has 6 heteroatoms. The Bertz CT molecular complexity index is 1040. The van der Waals surface area contributed by atoms with Gasteiger partial charge in [-0.2, -0.15) is 0 Å². The second-order valence-electron chi connectivity index (χ2n) is 7.32. The van der Waals surface area contributed by atoms with Gasteiger partial charge < -0.3 is 10.2 Å². The molecular formula is C23H24N4O2. The maximum absolute atomic E-state index is 13.0. The number of nitrogens with one attached hydrogen (secondary N) is 1. The minimum absolute atomic E-state index is 0.0990. The van der Waals surface area contributed by atoms with Crippen LogP contribution in [0.3, 0.4) is 0 Å². The number of benzene rings is 1. The SMILES string of the molecule is CCC1CCCCN1C(=O)c1cc(C(=O)Nc2cccc3cccnc23)ccn1. The fraction of sp³-hybridized carbons (Fsp3) is 0.304. The summed E-state index contributed by atoms with van der Waals surface area (Å²) >= 11 is 0. The Kier molecular flexibility index (Phi) is 5.51. The highest BCUT2D eigenvalue weighted by Gasteiger charge is 2.27. The lowest BCUT2D eigenvalue weighted by Crippen LogP contribution is -2.43. The number of rotatable bonds is 4. The summed E-state index contributed by atoms with van der Waals surface area (Å²) in [4.78, 5) is 36.3. The first-order chi connectivity index (χ1) is 14.2. The molecule has 0 aliphatic carbocycles. The molecule has 1 unspecified atom stereocenters. The van der Waals surface area contributed by atoms with Crippen molar-refractivity contribution in [2.45, 2.75) is 38.6 Å². The minimum Gasteiger partial charge on any atom is -0.334 e. The number of amides is 2. The first-order valence-electron chi connectivity index (χ1n) is 10.1. The van der Waals surface area contributed by atoms with Gasteiger partial charge >= 0.3 is 0 Å². The lowest BCUT2D eigenvalue weighted by Gasteiger charge is -2.35. The van der Waals surface area contributed by atoms with Gasteiger partial charge in [-0.1, -0.05) is 25.1 Å². The summed E-state index contributed by atoms with van der Waals surface area (Å²) in [5, 5.41) is 3.86. The van der Waals surface area contributed by atoms with Gasteiger partial charge in [0.05, 0.1) is 11.2 Å². The number of para-hydroxylation sites is 1. The summed E-state index contributed by atoms with van der Waals surface area (Å²) in [5.74, 6) is -0.386. The summed E-state index contributed by atoms with van der Waals surface area (Å²) in [6.07, 6.45) is 7.34. The van der Waals surface area contributed by atoms with Crippen molar-refractivity contribution in [1.82, 2.24) is 14.9 Å². The number of piperidine rings is 1. The van der Waals surface area contributed by atoms with Gasteiger partial charge in [0.15, 0.2) is 0 Å². The average molecular weight is 388 g/mol. The van der Waals surface area contributed by atoms with Crippen LogP contribution >= 0.6 is 0 Å². The number of nitrogens with zero attached hydrogens (tertiary/aromatic N) is 3. The lowest BCUT2D eigenvalue weighted by atomic mass is 9.99. The summed E-state index contributed by atoms with van der Waals surface area (Å²) in [6.45, 7) is 2.85. The topological polar surface area (TPSA) is 75.2 Å². The Morgan fingerprint density at radius 1 is 1.10 bits per heavy atom. The molecule has 0 bridgehead atoms. The number of hydrogen-bond acceptors (Lipinski definition) is 4. The number of likely N-dealkylation sites (tertiary alicyclic amines) is 1. The summed E-state index contributed by atoms with van der Waals surface area (Å²) in [7, 11) is 0. The van der Waals surface area contributed by atoms with Crippen LogP contribution in [0.5, 0.6) is 0 Å². The fourth-order valence-electron chi connectivity index (χ4n) is 3.93. The number of aromatic nitrogens is 2. The van der Waals surface area contributed by atoms with Gasteiger partial charge in [-0.15, -0.1) is 0 Å². The van der Waals surface area contributed by atoms with Crippen LogP contribution in [0.2, 0.25) is 0 Å². The van der Waals surface area contributed by atoms with Crippen molar-refractivity contribution in [2.24, 2.45) is 0 Å². The molecule has 1 saturated heterocycles. The van der Waals surface area contributed by atoms with Crippen LogP contribution in [-0.4, -0.2) is 39.3 Å². The average Bonchev–Trinajstić information content (AvgIpc) is 2.79. The molecule has 0 radical (unpaired) electrons. The van der Waals surface area contributed by atoms with Gasteiger partial charge in [0.25, 0.3) is 11.8 Å². The van der Waals surface area contributed by atoms with Crippen LogP contribution in [0.15, 0.2) is 54.9 Å². The van der Waals surface area contributed by atoms with E-state index in [1.54, 1.807) is 18.3 Å². The highest BCUT2D eigenvalue weighted by Crippen LogP contribution is 2.23. The normalized spacial score (nSPS) is 16.6. The second kappa shape index (κ2) is 8.39. The quantitative estimate of drug-likeness (QED) is 0.724. The maximum atomic E-state index is 13.0. The molecule has 1 N–H and O–H groups in total. The Morgan fingerprint density at radius 3 is 2.83 bits per heavy atom. The molecule has 2 amide bonds. The van der Waals surface area contributed by atoms with Crippen molar-refractivity contribution in [3.63, 3.8) is 0 Å². The predicted molar refractivity (Wildman–Crippen MR) is 113 cm³/mol. The molecule has 0 saturated carbocycles. The molecule has 1 aromatic carbocycles. The third kappa shape index (κ3) is 3.97. The Hall–Kier alpha value is -3.28. The number of carbonyl (C=O) groups is 2. The standard InChI is InChI=1S/C23H24N4O2/c1-2-18-9-3-4-14-27(18)23(29)20-15-17(11-13-24-20)22(28)26-19-10-5-7-16-8-6-12-25-21(16)19/h5-8,10-13,15,18H,2-4,9,14H2,1H3,(H,26,28). The Balaban J connectivity index is 1.56. The van der Waals surface area contributed by atoms with E-state index in [0.29, 0.717) is 16.9 Å². The van der Waals surface area contributed by atoms with Gasteiger partial charge in [0.1, 0.15) is 5.69 Å². The zero-order valence-electron chi connectivity index (χ0n) is 16.5. The first kappa shape index (κ1) is 19.1. The van der Waals surface area contributed by atoms with Crippen molar-refractivity contribution in [3.8, 4) is 0 Å². The van der Waals surface area contributed by atoms with Crippen LogP contribution in [0, 0.1) is 0 Å². The van der Waals surface area contributed by atoms with Gasteiger partial charge in [-0.25, -0.2) is 0 Å². The predicted octanol–water partition coefficient (Wildman–Crippen LogP) is 4.29. The highest BCUT2D eigenvalue weighted by molar-refractivity contribution is 6.09. The van der Waals surface area contributed by atoms with Gasteiger partial charge in [0, 0.05) is 35.9 Å². The van der Waals surface area contributed by atoms with E-state index in [1.165, 1.54) is 6.20 Å². The summed E-state index contributed by atoms with van der Waals surface area (Å²) in [6, 6.07) is 12.9. The molecule has 0 spiro atoms. The zero-order chi connectivity index (χ0) is 20.2. The van der Waals surface area contributed by atoms with E-state index in [-0.39, 0.29) is 17.9 Å². The van der Waals surface area contributed by atoms with E-state index < -0.39 is 0 Å². The van der Waals surface area contributed by atoms with E-state index in [1.807, 2.05) is 35.2 Å². The third-order valence-corrected chi connectivity index (χ3v) is 5.48. The number of pyridine rings is 2. The van der Waals surface area contributed by atoms with E-state index in [2.05, 4.69) is 22.2 Å². The smallest absolute Gasteiger partial charge is 0.272 e. The van der Waals surface area contributed by atoms with Crippen LogP contribution in [0.4, 0.5) is 5.69 Å². The van der Waals surface area contributed by atoms with Crippen molar-refractivity contribution in [2.75, 3.05) is 11.9 Å². The third-order valence-electron chi connectivity index (χ3n) is 5.48. The molecule has 6 nitrogen and oxygen atoms in total. The van der Waals surface area contributed by atoms with Crippen molar-refractivity contribution < 1.29 is 9.59 Å². The van der Waals surface area contributed by atoms with Gasteiger partial charge in [-0.3, -0.25) is 19.6 Å². The number of carbonyl (C=O) groups excluding carboxylic acids is 2. The Morgan fingerprint density at radius 2 is 1.97 bits per heavy atom. The monoisotopic (exact) mass is 388 g/mol. The molecule has 3 aromatic rings. The van der Waals surface area contributed by atoms with Crippen LogP contribution in [0.1, 0.15) is 53.5 Å². The second-order valence-corrected chi connectivity index (χ2v) is 7.32. The summed E-state index contributed by atoms with van der Waals surface area (Å²) in [5.41, 5.74) is 2.09. The van der Waals surface area contributed by atoms with Crippen LogP contribution < -0.4 is 5.32 Å². The fourth-order valence-corrected chi connectivity index (χ4v) is 3.93. The molecule has 1 atom stereocenters. The largest absolute Gasteiger partial charge is 0.334 e. The van der Waals surface area contributed by atoms with E-state index >= 15 is 0 Å². The van der Waals surface area contributed by atoms with Gasteiger partial charge in [-0.05, 0) is 49.9 Å². The van der Waals surface area contributed by atoms with Crippen LogP contribution in [-0.2, 0) is 0 Å². The highest BCUT2D eigenvalue weighted by atomic mass is 16.2. The minimum atomic E-state index is -0.287. The number of fused-ring (bicyclic) bond motifs is 1. The molecule has 29 heavy (non-hydrogen) atoms. The number of hydrogen-bond donors (Lipinski definition) is 1. The first-order valence-corrected chi connectivity index (χ1v) is 10.1. The van der Waals surface area contributed by atoms with Crippen molar-refractivity contribution >= 4 is 28.4 Å². The maximum Gasteiger partial charge on any atom is 0.272 e. The van der Waals surface area contributed by atoms with E-state index in [4.69, 9.17) is 0 Å². The van der Waals surface area contributed by atoms with E-state index in [9.17, 15) is 9.59 Å². The lowest BCUT2D eigenvalue weighted by molar-refractivity contribution is 0.0602. The molecular weight excluding hydrogens is 364 g/mol. The van der Waals surface area contributed by atoms with Crippen LogP contribution in [0.25, 0.3) is 10.9 Å².